The molecule has 0 bridgehead atoms. The molecule has 1 fully saturated rings. The second-order valence-electron chi connectivity index (χ2n) is 8.08. The Labute approximate surface area is 166 Å². The van der Waals surface area contributed by atoms with Crippen molar-refractivity contribution in [2.75, 3.05) is 6.54 Å². The molecule has 1 unspecified atom stereocenters. The van der Waals surface area contributed by atoms with Crippen LogP contribution in [0.1, 0.15) is 45.6 Å². The van der Waals surface area contributed by atoms with Crippen molar-refractivity contribution < 1.29 is 22.7 Å². The number of hydrogen-bond donors (Lipinski definition) is 3. The van der Waals surface area contributed by atoms with Gasteiger partial charge in [0, 0.05) is 19.0 Å². The molecule has 8 nitrogen and oxygen atoms in total. The van der Waals surface area contributed by atoms with Crippen LogP contribution in [-0.4, -0.2) is 38.6 Å². The number of ether oxygens (including phenoxy) is 1. The Morgan fingerprint density at radius 3 is 2.32 bits per heavy atom. The van der Waals surface area contributed by atoms with Crippen molar-refractivity contribution in [2.24, 2.45) is 11.1 Å². The third-order valence-corrected chi connectivity index (χ3v) is 5.22. The fourth-order valence-electron chi connectivity index (χ4n) is 2.76. The van der Waals surface area contributed by atoms with Crippen LogP contribution in [0.25, 0.3) is 0 Å². The molecule has 2 rings (SSSR count). The Hall–Kier alpha value is -2.13. The predicted molar refractivity (Wildman–Crippen MR) is 105 cm³/mol. The lowest BCUT2D eigenvalue weighted by molar-refractivity contribution is -0.121. The van der Waals surface area contributed by atoms with Crippen LogP contribution >= 0.6 is 0 Å². The van der Waals surface area contributed by atoms with E-state index in [1.807, 2.05) is 0 Å². The average molecular weight is 412 g/mol. The van der Waals surface area contributed by atoms with E-state index in [9.17, 15) is 18.0 Å². The molecule has 0 heterocycles. The van der Waals surface area contributed by atoms with Gasteiger partial charge in [0.15, 0.2) is 0 Å². The summed E-state index contributed by atoms with van der Waals surface area (Å²) < 4.78 is 27.8. The molecule has 1 aliphatic carbocycles. The lowest BCUT2D eigenvalue weighted by Crippen LogP contribution is -2.43. The molecule has 1 aromatic carbocycles. The highest BCUT2D eigenvalue weighted by Gasteiger charge is 2.34. The highest BCUT2D eigenvalue weighted by molar-refractivity contribution is 7.89. The van der Waals surface area contributed by atoms with E-state index in [1.165, 1.54) is 12.1 Å². The number of hydrogen-bond acceptors (Lipinski definition) is 5. The Bertz CT molecular complexity index is 796. The largest absolute Gasteiger partial charge is 0.444 e. The van der Waals surface area contributed by atoms with Crippen molar-refractivity contribution in [3.8, 4) is 0 Å². The van der Waals surface area contributed by atoms with Crippen molar-refractivity contribution in [3.05, 3.63) is 29.8 Å². The quantitative estimate of drug-likeness (QED) is 0.600. The SMILES string of the molecule is CC(C)(C)OC(=O)NC(CC(=O)NCCc1ccc(S(N)(=O)=O)cc1)C1CC1. The number of nitrogens with two attached hydrogens (primary N) is 1. The Balaban J connectivity index is 1.78. The lowest BCUT2D eigenvalue weighted by atomic mass is 10.1. The highest BCUT2D eigenvalue weighted by Crippen LogP contribution is 2.34. The minimum Gasteiger partial charge on any atom is -0.444 e. The summed E-state index contributed by atoms with van der Waals surface area (Å²) in [7, 11) is -3.71. The van der Waals surface area contributed by atoms with Gasteiger partial charge in [0.1, 0.15) is 5.60 Å². The summed E-state index contributed by atoms with van der Waals surface area (Å²) in [5, 5.41) is 10.7. The molecular formula is C19H29N3O5S. The summed E-state index contributed by atoms with van der Waals surface area (Å²) in [6.45, 7) is 5.79. The van der Waals surface area contributed by atoms with Gasteiger partial charge in [-0.2, -0.15) is 0 Å². The fraction of sp³-hybridized carbons (Fsp3) is 0.579. The van der Waals surface area contributed by atoms with E-state index in [2.05, 4.69) is 10.6 Å². The van der Waals surface area contributed by atoms with Crippen molar-refractivity contribution in [2.45, 2.75) is 63.0 Å². The second-order valence-corrected chi connectivity index (χ2v) is 9.64. The zero-order chi connectivity index (χ0) is 20.9. The van der Waals surface area contributed by atoms with Gasteiger partial charge in [-0.1, -0.05) is 12.1 Å². The standard InChI is InChI=1S/C19H29N3O5S/c1-19(2,3)27-18(24)22-16(14-6-7-14)12-17(23)21-11-10-13-4-8-15(9-5-13)28(20,25)26/h4-5,8-9,14,16H,6-7,10-12H2,1-3H3,(H,21,23)(H,22,24)(H2,20,25,26). The van der Waals surface area contributed by atoms with Crippen LogP contribution in [0.2, 0.25) is 0 Å². The van der Waals surface area contributed by atoms with Crippen LogP contribution in [-0.2, 0) is 26.0 Å². The number of benzene rings is 1. The van der Waals surface area contributed by atoms with Gasteiger partial charge in [-0.3, -0.25) is 4.79 Å². The number of sulfonamides is 1. The van der Waals surface area contributed by atoms with E-state index in [0.717, 1.165) is 18.4 Å². The molecule has 156 valence electrons. The van der Waals surface area contributed by atoms with E-state index in [4.69, 9.17) is 9.88 Å². The number of amides is 2. The molecule has 2 amide bonds. The smallest absolute Gasteiger partial charge is 0.407 e. The molecule has 0 aromatic heterocycles. The number of rotatable bonds is 8. The van der Waals surface area contributed by atoms with Gasteiger partial charge in [-0.25, -0.2) is 18.4 Å². The molecule has 1 aromatic rings. The first-order chi connectivity index (χ1) is 12.9. The Morgan fingerprint density at radius 2 is 1.82 bits per heavy atom. The predicted octanol–water partition coefficient (Wildman–Crippen LogP) is 1.69. The molecule has 1 saturated carbocycles. The van der Waals surface area contributed by atoms with Gasteiger partial charge in [-0.05, 0) is 63.6 Å². The molecule has 0 spiro atoms. The molecular weight excluding hydrogens is 382 g/mol. The van der Waals surface area contributed by atoms with E-state index in [1.54, 1.807) is 32.9 Å². The van der Waals surface area contributed by atoms with Gasteiger partial charge in [0.05, 0.1) is 4.90 Å². The number of carbonyl (C=O) groups is 2. The number of nitrogens with one attached hydrogen (secondary N) is 2. The first-order valence-corrected chi connectivity index (χ1v) is 10.9. The molecule has 0 saturated heterocycles. The van der Waals surface area contributed by atoms with Crippen LogP contribution in [0.15, 0.2) is 29.2 Å². The second kappa shape index (κ2) is 8.91. The van der Waals surface area contributed by atoms with E-state index >= 15 is 0 Å². The minimum absolute atomic E-state index is 0.0563. The van der Waals surface area contributed by atoms with Gasteiger partial charge in [-0.15, -0.1) is 0 Å². The summed E-state index contributed by atoms with van der Waals surface area (Å²) in [5.41, 5.74) is 0.303. The molecule has 1 atom stereocenters. The molecule has 9 heteroatoms. The van der Waals surface area contributed by atoms with E-state index in [-0.39, 0.29) is 23.3 Å². The molecule has 28 heavy (non-hydrogen) atoms. The monoisotopic (exact) mass is 411 g/mol. The van der Waals surface area contributed by atoms with Crippen molar-refractivity contribution in [1.82, 2.24) is 10.6 Å². The molecule has 1 aliphatic rings. The summed E-state index contributed by atoms with van der Waals surface area (Å²) in [6.07, 6.45) is 2.24. The maximum atomic E-state index is 12.2. The summed E-state index contributed by atoms with van der Waals surface area (Å²) in [5.74, 6) is 0.165. The van der Waals surface area contributed by atoms with Crippen LogP contribution < -0.4 is 15.8 Å². The van der Waals surface area contributed by atoms with Crippen molar-refractivity contribution in [3.63, 3.8) is 0 Å². The third-order valence-electron chi connectivity index (χ3n) is 4.29. The third kappa shape index (κ3) is 7.85. The first-order valence-electron chi connectivity index (χ1n) is 9.32. The fourth-order valence-corrected chi connectivity index (χ4v) is 3.27. The van der Waals surface area contributed by atoms with E-state index in [0.29, 0.717) is 18.9 Å². The molecule has 0 aliphatic heterocycles. The van der Waals surface area contributed by atoms with Crippen LogP contribution in [0.3, 0.4) is 0 Å². The topological polar surface area (TPSA) is 128 Å². The maximum Gasteiger partial charge on any atom is 0.407 e. The zero-order valence-electron chi connectivity index (χ0n) is 16.5. The van der Waals surface area contributed by atoms with Crippen molar-refractivity contribution >= 4 is 22.0 Å². The van der Waals surface area contributed by atoms with Crippen molar-refractivity contribution in [1.29, 1.82) is 0 Å². The summed E-state index contributed by atoms with van der Waals surface area (Å²) >= 11 is 0. The van der Waals surface area contributed by atoms with Gasteiger partial charge in [0.2, 0.25) is 15.9 Å². The molecule has 4 N–H and O–H groups in total. The normalized spacial score (nSPS) is 15.6. The Morgan fingerprint density at radius 1 is 1.21 bits per heavy atom. The van der Waals surface area contributed by atoms with Crippen LogP contribution in [0.4, 0.5) is 4.79 Å². The van der Waals surface area contributed by atoms with Gasteiger partial charge >= 0.3 is 6.09 Å². The lowest BCUT2D eigenvalue weighted by Gasteiger charge is -2.23. The summed E-state index contributed by atoms with van der Waals surface area (Å²) in [6, 6.07) is 6.00. The Kier molecular flexibility index (Phi) is 7.06. The number of carbonyl (C=O) groups excluding carboxylic acids is 2. The van der Waals surface area contributed by atoms with Crippen LogP contribution in [0, 0.1) is 5.92 Å². The van der Waals surface area contributed by atoms with Gasteiger partial charge in [0.25, 0.3) is 0 Å². The minimum atomic E-state index is -3.71. The average Bonchev–Trinajstić information content (AvgIpc) is 3.37. The number of alkyl carbamates (subject to hydrolysis) is 1. The summed E-state index contributed by atoms with van der Waals surface area (Å²) in [4.78, 5) is 24.2. The zero-order valence-corrected chi connectivity index (χ0v) is 17.3. The van der Waals surface area contributed by atoms with E-state index < -0.39 is 21.7 Å². The maximum absolute atomic E-state index is 12.2. The highest BCUT2D eigenvalue weighted by atomic mass is 32.2. The van der Waals surface area contributed by atoms with Crippen LogP contribution in [0.5, 0.6) is 0 Å². The van der Waals surface area contributed by atoms with Gasteiger partial charge < -0.3 is 15.4 Å². The molecule has 0 radical (unpaired) electrons. The number of primary sulfonamides is 1. The first kappa shape index (κ1) is 22.2.